The zero-order valence-electron chi connectivity index (χ0n) is 14.0. The molecule has 1 N–H and O–H groups in total. The average Bonchev–Trinajstić information content (AvgIpc) is 3.04. The monoisotopic (exact) mass is 354 g/mol. The van der Waals surface area contributed by atoms with Crippen molar-refractivity contribution in [1.82, 2.24) is 4.90 Å². The topological polar surface area (TPSA) is 67.9 Å². The van der Waals surface area contributed by atoms with Gasteiger partial charge in [-0.3, -0.25) is 9.59 Å². The van der Waals surface area contributed by atoms with Gasteiger partial charge in [0, 0.05) is 38.7 Å². The third-order valence-corrected chi connectivity index (χ3v) is 4.23. The molecular formula is C17H23ClN2O4. The second kappa shape index (κ2) is 8.89. The average molecular weight is 355 g/mol. The molecule has 24 heavy (non-hydrogen) atoms. The van der Waals surface area contributed by atoms with Gasteiger partial charge in [-0.2, -0.15) is 0 Å². The van der Waals surface area contributed by atoms with Gasteiger partial charge in [-0.25, -0.2) is 0 Å². The molecule has 0 aliphatic carbocycles. The molecule has 132 valence electrons. The quantitative estimate of drug-likeness (QED) is 0.817. The molecule has 1 aromatic rings. The summed E-state index contributed by atoms with van der Waals surface area (Å²) in [5, 5.41) is 3.20. The van der Waals surface area contributed by atoms with Crippen molar-refractivity contribution < 1.29 is 19.1 Å². The molecule has 0 saturated carbocycles. The lowest BCUT2D eigenvalue weighted by atomic mass is 10.2. The molecule has 1 aliphatic rings. The van der Waals surface area contributed by atoms with Crippen molar-refractivity contribution in [2.24, 2.45) is 0 Å². The molecule has 6 nitrogen and oxygen atoms in total. The third kappa shape index (κ3) is 5.39. The predicted molar refractivity (Wildman–Crippen MR) is 92.5 cm³/mol. The molecule has 1 aliphatic heterocycles. The van der Waals surface area contributed by atoms with E-state index in [0.29, 0.717) is 29.5 Å². The Hall–Kier alpha value is -1.79. The fraction of sp³-hybridized carbons (Fsp3) is 0.529. The van der Waals surface area contributed by atoms with Crippen LogP contribution in [-0.4, -0.2) is 49.6 Å². The van der Waals surface area contributed by atoms with Crippen LogP contribution in [0.25, 0.3) is 0 Å². The Labute approximate surface area is 147 Å². The lowest BCUT2D eigenvalue weighted by Gasteiger charge is -2.23. The maximum absolute atomic E-state index is 12.1. The number of nitrogens with zero attached hydrogens (tertiary/aromatic N) is 1. The predicted octanol–water partition coefficient (Wildman–Crippen LogP) is 2.70. The number of hydrogen-bond donors (Lipinski definition) is 1. The zero-order chi connectivity index (χ0) is 17.5. The van der Waals surface area contributed by atoms with Crippen LogP contribution in [0.15, 0.2) is 18.2 Å². The molecule has 0 aromatic heterocycles. The van der Waals surface area contributed by atoms with Crippen molar-refractivity contribution in [1.29, 1.82) is 0 Å². The first kappa shape index (κ1) is 18.5. The standard InChI is InChI=1S/C17H23ClN2O4/c1-12(21)20(11-14-4-3-9-24-14)8-7-17(22)19-13-5-6-16(23-2)15(18)10-13/h5-6,10,14H,3-4,7-9,11H2,1-2H3,(H,19,22). The molecule has 1 unspecified atom stereocenters. The molecule has 2 rings (SSSR count). The molecule has 7 heteroatoms. The van der Waals surface area contributed by atoms with E-state index in [-0.39, 0.29) is 24.3 Å². The van der Waals surface area contributed by atoms with Crippen molar-refractivity contribution in [3.63, 3.8) is 0 Å². The van der Waals surface area contributed by atoms with Gasteiger partial charge in [0.25, 0.3) is 0 Å². The highest BCUT2D eigenvalue weighted by molar-refractivity contribution is 6.32. The van der Waals surface area contributed by atoms with Gasteiger partial charge in [0.15, 0.2) is 0 Å². The molecule has 2 amide bonds. The van der Waals surface area contributed by atoms with E-state index >= 15 is 0 Å². The number of benzene rings is 1. The summed E-state index contributed by atoms with van der Waals surface area (Å²) in [6.45, 7) is 3.16. The third-order valence-electron chi connectivity index (χ3n) is 3.94. The van der Waals surface area contributed by atoms with E-state index in [9.17, 15) is 9.59 Å². The minimum atomic E-state index is -0.171. The molecule has 1 saturated heterocycles. The lowest BCUT2D eigenvalue weighted by Crippen LogP contribution is -2.37. The second-order valence-corrected chi connectivity index (χ2v) is 6.15. The lowest BCUT2D eigenvalue weighted by molar-refractivity contribution is -0.130. The van der Waals surface area contributed by atoms with Gasteiger partial charge in [0.05, 0.1) is 18.2 Å². The fourth-order valence-electron chi connectivity index (χ4n) is 2.62. The van der Waals surface area contributed by atoms with E-state index in [1.807, 2.05) is 0 Å². The number of amides is 2. The van der Waals surface area contributed by atoms with E-state index < -0.39 is 0 Å². The van der Waals surface area contributed by atoms with Crippen LogP contribution in [0.4, 0.5) is 5.69 Å². The number of halogens is 1. The van der Waals surface area contributed by atoms with E-state index in [1.165, 1.54) is 14.0 Å². The van der Waals surface area contributed by atoms with Crippen LogP contribution in [-0.2, 0) is 14.3 Å². The van der Waals surface area contributed by atoms with Gasteiger partial charge in [-0.1, -0.05) is 11.6 Å². The van der Waals surface area contributed by atoms with Crippen LogP contribution >= 0.6 is 11.6 Å². The largest absolute Gasteiger partial charge is 0.495 e. The minimum absolute atomic E-state index is 0.0502. The second-order valence-electron chi connectivity index (χ2n) is 5.75. The summed E-state index contributed by atoms with van der Waals surface area (Å²) in [5.41, 5.74) is 0.597. The Bertz CT molecular complexity index is 588. The highest BCUT2D eigenvalue weighted by Crippen LogP contribution is 2.27. The molecule has 1 heterocycles. The van der Waals surface area contributed by atoms with E-state index in [4.69, 9.17) is 21.1 Å². The Kier molecular flexibility index (Phi) is 6.87. The summed E-state index contributed by atoms with van der Waals surface area (Å²) >= 11 is 6.03. The van der Waals surface area contributed by atoms with Crippen molar-refractivity contribution in [2.75, 3.05) is 32.1 Å². The molecule has 0 bridgehead atoms. The number of carbonyl (C=O) groups is 2. The normalized spacial score (nSPS) is 16.7. The number of ether oxygens (including phenoxy) is 2. The van der Waals surface area contributed by atoms with Gasteiger partial charge in [-0.15, -0.1) is 0 Å². The molecule has 0 radical (unpaired) electrons. The van der Waals surface area contributed by atoms with Crippen LogP contribution in [0.5, 0.6) is 5.75 Å². The van der Waals surface area contributed by atoms with Gasteiger partial charge in [-0.05, 0) is 31.0 Å². The fourth-order valence-corrected chi connectivity index (χ4v) is 2.87. The van der Waals surface area contributed by atoms with Crippen molar-refractivity contribution in [3.8, 4) is 5.75 Å². The highest BCUT2D eigenvalue weighted by atomic mass is 35.5. The van der Waals surface area contributed by atoms with Crippen LogP contribution in [0.2, 0.25) is 5.02 Å². The van der Waals surface area contributed by atoms with Gasteiger partial charge in [0.2, 0.25) is 11.8 Å². The molecule has 1 fully saturated rings. The molecule has 0 spiro atoms. The molecule has 1 aromatic carbocycles. The maximum Gasteiger partial charge on any atom is 0.226 e. The van der Waals surface area contributed by atoms with Crippen molar-refractivity contribution in [3.05, 3.63) is 23.2 Å². The van der Waals surface area contributed by atoms with Crippen LogP contribution in [0.1, 0.15) is 26.2 Å². The number of rotatable bonds is 7. The van der Waals surface area contributed by atoms with E-state index in [1.54, 1.807) is 23.1 Å². The SMILES string of the molecule is COc1ccc(NC(=O)CCN(CC2CCCO2)C(C)=O)cc1Cl. The van der Waals surface area contributed by atoms with Crippen LogP contribution in [0, 0.1) is 0 Å². The van der Waals surface area contributed by atoms with Crippen LogP contribution in [0.3, 0.4) is 0 Å². The summed E-state index contributed by atoms with van der Waals surface area (Å²) in [4.78, 5) is 25.5. The van der Waals surface area contributed by atoms with Crippen molar-refractivity contribution >= 4 is 29.1 Å². The Morgan fingerprint density at radius 1 is 1.46 bits per heavy atom. The minimum Gasteiger partial charge on any atom is -0.495 e. The number of methoxy groups -OCH3 is 1. The van der Waals surface area contributed by atoms with E-state index in [2.05, 4.69) is 5.32 Å². The number of hydrogen-bond acceptors (Lipinski definition) is 4. The Balaban J connectivity index is 1.84. The first-order valence-corrected chi connectivity index (χ1v) is 8.38. The highest BCUT2D eigenvalue weighted by Gasteiger charge is 2.21. The molecule has 1 atom stereocenters. The van der Waals surface area contributed by atoms with Crippen molar-refractivity contribution in [2.45, 2.75) is 32.3 Å². The van der Waals surface area contributed by atoms with Crippen LogP contribution < -0.4 is 10.1 Å². The first-order valence-electron chi connectivity index (χ1n) is 8.00. The summed E-state index contributed by atoms with van der Waals surface area (Å²) < 4.78 is 10.6. The summed E-state index contributed by atoms with van der Waals surface area (Å²) in [5.74, 6) is 0.328. The smallest absolute Gasteiger partial charge is 0.226 e. The Morgan fingerprint density at radius 2 is 2.25 bits per heavy atom. The number of anilines is 1. The van der Waals surface area contributed by atoms with Gasteiger partial charge >= 0.3 is 0 Å². The zero-order valence-corrected chi connectivity index (χ0v) is 14.8. The first-order chi connectivity index (χ1) is 11.5. The van der Waals surface area contributed by atoms with Gasteiger partial charge in [0.1, 0.15) is 5.75 Å². The number of carbonyl (C=O) groups excluding carboxylic acids is 2. The summed E-state index contributed by atoms with van der Waals surface area (Å²) in [7, 11) is 1.53. The summed E-state index contributed by atoms with van der Waals surface area (Å²) in [6, 6.07) is 5.04. The number of nitrogens with one attached hydrogen (secondary N) is 1. The maximum atomic E-state index is 12.1. The molecular weight excluding hydrogens is 332 g/mol. The Morgan fingerprint density at radius 3 is 2.83 bits per heavy atom. The van der Waals surface area contributed by atoms with Gasteiger partial charge < -0.3 is 19.7 Å². The summed E-state index contributed by atoms with van der Waals surface area (Å²) in [6.07, 6.45) is 2.28. The van der Waals surface area contributed by atoms with E-state index in [0.717, 1.165) is 19.4 Å².